The van der Waals surface area contributed by atoms with Gasteiger partial charge in [0.2, 0.25) is 11.8 Å². The number of hydrogen-bond acceptors (Lipinski definition) is 8. The molecule has 2 saturated heterocycles. The van der Waals surface area contributed by atoms with Gasteiger partial charge in [-0.15, -0.1) is 10.1 Å². The van der Waals surface area contributed by atoms with Crippen LogP contribution in [-0.2, 0) is 18.8 Å². The van der Waals surface area contributed by atoms with E-state index in [0.717, 1.165) is 0 Å². The van der Waals surface area contributed by atoms with Gasteiger partial charge in [-0.2, -0.15) is 0 Å². The van der Waals surface area contributed by atoms with E-state index in [0.29, 0.717) is 46.9 Å². The fraction of sp³-hybridized carbons (Fsp3) is 0.238. The number of benzene rings is 5. The highest BCUT2D eigenvalue weighted by atomic mass is 35.5. The zero-order chi connectivity index (χ0) is 39.0. The van der Waals surface area contributed by atoms with E-state index in [2.05, 4.69) is 0 Å². The molecule has 56 heavy (non-hydrogen) atoms. The number of hydroxylamine groups is 4. The molecule has 4 unspecified atom stereocenters. The highest BCUT2D eigenvalue weighted by Crippen LogP contribution is 2.65. The van der Waals surface area contributed by atoms with E-state index in [9.17, 15) is 0 Å². The fourth-order valence-electron chi connectivity index (χ4n) is 8.77. The van der Waals surface area contributed by atoms with Crippen molar-refractivity contribution in [3.05, 3.63) is 153 Å². The molecule has 4 atom stereocenters. The quantitative estimate of drug-likeness (QED) is 0.0878. The molecule has 5 aromatic carbocycles. The molecule has 2 fully saturated rings. The van der Waals surface area contributed by atoms with Crippen molar-refractivity contribution in [1.29, 1.82) is 0 Å². The first-order chi connectivity index (χ1) is 26.9. The predicted molar refractivity (Wildman–Crippen MR) is 228 cm³/mol. The second kappa shape index (κ2) is 14.1. The van der Waals surface area contributed by atoms with Crippen LogP contribution >= 0.6 is 60.7 Å². The number of nitrogens with zero attached hydrogens (tertiary/aromatic N) is 4. The van der Waals surface area contributed by atoms with Gasteiger partial charge in [-0.25, -0.2) is 9.98 Å². The average Bonchev–Trinajstić information content (AvgIpc) is 4.02. The van der Waals surface area contributed by atoms with Gasteiger partial charge < -0.3 is 18.8 Å². The molecule has 0 N–H and O–H groups in total. The molecule has 8 nitrogen and oxygen atoms in total. The van der Waals surface area contributed by atoms with Crippen LogP contribution in [0.1, 0.15) is 50.7 Å². The second-order valence-electron chi connectivity index (χ2n) is 14.7. The van der Waals surface area contributed by atoms with Crippen molar-refractivity contribution < 1.29 is 18.8 Å². The second-order valence-corrected chi connectivity index (χ2v) is 22.7. The van der Waals surface area contributed by atoms with Crippen molar-refractivity contribution in [2.75, 3.05) is 0 Å². The first kappa shape index (κ1) is 38.1. The normalized spacial score (nSPS) is 25.0. The Labute approximate surface area is 345 Å². The lowest BCUT2D eigenvalue weighted by Crippen LogP contribution is -2.47. The third-order valence-corrected chi connectivity index (χ3v) is 21.1. The molecule has 0 aromatic heterocycles. The van der Waals surface area contributed by atoms with Gasteiger partial charge in [-0.3, -0.25) is 0 Å². The first-order valence-electron chi connectivity index (χ1n) is 18.3. The van der Waals surface area contributed by atoms with Crippen LogP contribution < -0.4 is 21.2 Å². The molecule has 286 valence electrons. The van der Waals surface area contributed by atoms with Crippen molar-refractivity contribution in [1.82, 2.24) is 10.1 Å². The van der Waals surface area contributed by atoms with Crippen molar-refractivity contribution in [2.45, 2.75) is 62.4 Å². The zero-order valence-electron chi connectivity index (χ0n) is 30.4. The van der Waals surface area contributed by atoms with Crippen LogP contribution in [0, 0.1) is 0 Å². The highest BCUT2D eigenvalue weighted by Gasteiger charge is 2.62. The SMILES string of the molecule is CC1(P(=O)(c2ccccc2)c2ccccc2)CCC2N=C(c3c(Cl)c(Cl)c(Cl)c(Cl)c3C3=NC4CCC(C)(P(=O)(c5ccccc5)c5ccccc5)N4O3)ON21. The summed E-state index contributed by atoms with van der Waals surface area (Å²) in [6.07, 6.45) is 1.23. The lowest BCUT2D eigenvalue weighted by atomic mass is 10.1. The van der Waals surface area contributed by atoms with Crippen molar-refractivity contribution in [2.24, 2.45) is 9.98 Å². The molecule has 0 radical (unpaired) electrons. The number of hydrogen-bond donors (Lipinski definition) is 0. The van der Waals surface area contributed by atoms with Gasteiger partial charge in [0.25, 0.3) is 0 Å². The van der Waals surface area contributed by atoms with Crippen LogP contribution in [0.4, 0.5) is 0 Å². The van der Waals surface area contributed by atoms with E-state index in [-0.39, 0.29) is 43.0 Å². The monoisotopic (exact) mass is 862 g/mol. The minimum absolute atomic E-state index is 0.0130. The summed E-state index contributed by atoms with van der Waals surface area (Å²) in [5.74, 6) is 0.240. The summed E-state index contributed by atoms with van der Waals surface area (Å²) >= 11 is 27.6. The minimum atomic E-state index is -3.40. The number of aliphatic imine (C=N–C) groups is 2. The number of fused-ring (bicyclic) bond motifs is 2. The molecule has 4 aliphatic heterocycles. The maximum absolute atomic E-state index is 15.8. The average molecular weight is 865 g/mol. The molecule has 5 aromatic rings. The van der Waals surface area contributed by atoms with Gasteiger partial charge in [0.1, 0.15) is 22.9 Å². The Morgan fingerprint density at radius 2 is 0.804 bits per heavy atom. The predicted octanol–water partition coefficient (Wildman–Crippen LogP) is 9.99. The third kappa shape index (κ3) is 5.48. The van der Waals surface area contributed by atoms with Crippen LogP contribution in [0.15, 0.2) is 131 Å². The van der Waals surface area contributed by atoms with E-state index >= 15 is 9.13 Å². The molecule has 9 rings (SSSR count). The molecule has 14 heteroatoms. The molecular formula is C42H36Cl4N4O4P2. The molecule has 0 saturated carbocycles. The molecule has 4 heterocycles. The lowest BCUT2D eigenvalue weighted by Gasteiger charge is -2.40. The summed E-state index contributed by atoms with van der Waals surface area (Å²) in [5, 5.41) is 4.45. The van der Waals surface area contributed by atoms with Crippen LogP contribution in [0.2, 0.25) is 20.1 Å². The molecule has 0 aliphatic carbocycles. The van der Waals surface area contributed by atoms with Crippen LogP contribution in [0.5, 0.6) is 0 Å². The maximum atomic E-state index is 15.8. The Bertz CT molecular complexity index is 2250. The van der Waals surface area contributed by atoms with Crippen molar-refractivity contribution >= 4 is 93.7 Å². The molecule has 4 aliphatic rings. The lowest BCUT2D eigenvalue weighted by molar-refractivity contribution is -0.103. The zero-order valence-corrected chi connectivity index (χ0v) is 35.2. The van der Waals surface area contributed by atoms with Crippen molar-refractivity contribution in [3.63, 3.8) is 0 Å². The topological polar surface area (TPSA) is 83.8 Å². The van der Waals surface area contributed by atoms with Gasteiger partial charge in [0.05, 0.1) is 31.2 Å². The Kier molecular flexibility index (Phi) is 9.63. The van der Waals surface area contributed by atoms with Crippen LogP contribution in [-0.4, -0.2) is 44.8 Å². The van der Waals surface area contributed by atoms with Gasteiger partial charge >= 0.3 is 0 Å². The fourth-order valence-corrected chi connectivity index (χ4v) is 16.8. The Morgan fingerprint density at radius 3 is 1.09 bits per heavy atom. The van der Waals surface area contributed by atoms with Gasteiger partial charge in [-0.05, 0) is 39.5 Å². The summed E-state index contributed by atoms with van der Waals surface area (Å²) in [5.41, 5.74) is 0.487. The maximum Gasteiger partial charge on any atom is 0.245 e. The van der Waals surface area contributed by atoms with Crippen molar-refractivity contribution in [3.8, 4) is 0 Å². The molecule has 0 spiro atoms. The van der Waals surface area contributed by atoms with E-state index in [1.807, 2.05) is 135 Å². The van der Waals surface area contributed by atoms with Gasteiger partial charge in [0, 0.05) is 21.2 Å². The Balaban J connectivity index is 1.12. The van der Waals surface area contributed by atoms with Gasteiger partial charge in [-0.1, -0.05) is 168 Å². The summed E-state index contributed by atoms with van der Waals surface area (Å²) in [6, 6.07) is 38.1. The summed E-state index contributed by atoms with van der Waals surface area (Å²) in [4.78, 5) is 23.5. The standard InChI is InChI=1S/C42H36Cl4N4O4P2/c1-41(55(51,27-15-7-3-8-16-27)28-17-9-4-10-18-28)25-23-31-47-39(53-49(31)41)33-34(36(44)38(46)37(45)35(33)43)40-48-32-24-26-42(2,50(32)54-40)56(52,29-19-11-5-12-20-29)30-21-13-6-14-22-30/h3-22,31-32H,23-26H2,1-2H3. The summed E-state index contributed by atoms with van der Waals surface area (Å²) in [6.45, 7) is 3.93. The van der Waals surface area contributed by atoms with E-state index in [4.69, 9.17) is 66.1 Å². The van der Waals surface area contributed by atoms with E-state index < -0.39 is 37.2 Å². The van der Waals surface area contributed by atoms with Crippen LogP contribution in [0.3, 0.4) is 0 Å². The third-order valence-electron chi connectivity index (χ3n) is 11.7. The van der Waals surface area contributed by atoms with Crippen LogP contribution in [0.25, 0.3) is 0 Å². The first-order valence-corrected chi connectivity index (χ1v) is 23.3. The molecule has 0 amide bonds. The number of halogens is 4. The number of rotatable bonds is 8. The molecular weight excluding hydrogens is 828 g/mol. The summed E-state index contributed by atoms with van der Waals surface area (Å²) < 4.78 is 31.5. The Morgan fingerprint density at radius 1 is 0.518 bits per heavy atom. The van der Waals surface area contributed by atoms with E-state index in [1.54, 1.807) is 10.1 Å². The Hall–Kier alpha value is -3.42. The van der Waals surface area contributed by atoms with E-state index in [1.165, 1.54) is 0 Å². The highest BCUT2D eigenvalue weighted by molar-refractivity contribution is 7.80. The van der Waals surface area contributed by atoms with Gasteiger partial charge in [0.15, 0.2) is 14.3 Å². The molecule has 0 bridgehead atoms. The minimum Gasteiger partial charge on any atom is -0.382 e. The summed E-state index contributed by atoms with van der Waals surface area (Å²) in [7, 11) is -6.80. The largest absolute Gasteiger partial charge is 0.382 e. The smallest absolute Gasteiger partial charge is 0.245 e.